The minimum Gasteiger partial charge on any atom is -0.486 e. The SMILES string of the molecule is CCCC(CCC)NCC1COc2ccccc2O1. The van der Waals surface area contributed by atoms with Crippen LogP contribution in [0, 0.1) is 0 Å². The van der Waals surface area contributed by atoms with Gasteiger partial charge in [-0.05, 0) is 25.0 Å². The summed E-state index contributed by atoms with van der Waals surface area (Å²) in [6, 6.07) is 8.48. The summed E-state index contributed by atoms with van der Waals surface area (Å²) in [6.07, 6.45) is 5.03. The van der Waals surface area contributed by atoms with Gasteiger partial charge in [0, 0.05) is 12.6 Å². The van der Waals surface area contributed by atoms with Gasteiger partial charge in [0.05, 0.1) is 0 Å². The minimum atomic E-state index is 0.117. The summed E-state index contributed by atoms with van der Waals surface area (Å²) < 4.78 is 11.7. The zero-order chi connectivity index (χ0) is 13.5. The van der Waals surface area contributed by atoms with Crippen molar-refractivity contribution in [2.75, 3.05) is 13.2 Å². The largest absolute Gasteiger partial charge is 0.486 e. The van der Waals surface area contributed by atoms with Gasteiger partial charge >= 0.3 is 0 Å². The van der Waals surface area contributed by atoms with E-state index in [1.165, 1.54) is 25.7 Å². The third-order valence-corrected chi connectivity index (χ3v) is 3.48. The van der Waals surface area contributed by atoms with Crippen LogP contribution < -0.4 is 14.8 Å². The second kappa shape index (κ2) is 7.39. The summed E-state index contributed by atoms with van der Waals surface area (Å²) in [6.45, 7) is 5.97. The predicted octanol–water partition coefficient (Wildman–Crippen LogP) is 3.38. The summed E-state index contributed by atoms with van der Waals surface area (Å²) in [4.78, 5) is 0. The molecule has 0 saturated heterocycles. The average molecular weight is 263 g/mol. The highest BCUT2D eigenvalue weighted by Crippen LogP contribution is 2.30. The number of fused-ring (bicyclic) bond motifs is 1. The Morgan fingerprint density at radius 2 is 1.84 bits per heavy atom. The summed E-state index contributed by atoms with van der Waals surface area (Å²) in [5, 5.41) is 3.62. The molecule has 1 aliphatic rings. The Bertz CT molecular complexity index is 375. The van der Waals surface area contributed by atoms with Crippen molar-refractivity contribution in [1.29, 1.82) is 0 Å². The molecular formula is C16H25NO2. The predicted molar refractivity (Wildman–Crippen MR) is 78.0 cm³/mol. The number of nitrogens with one attached hydrogen (secondary N) is 1. The van der Waals surface area contributed by atoms with E-state index >= 15 is 0 Å². The van der Waals surface area contributed by atoms with Crippen LogP contribution in [-0.4, -0.2) is 25.3 Å². The lowest BCUT2D eigenvalue weighted by Gasteiger charge is -2.28. The molecule has 3 nitrogen and oxygen atoms in total. The molecule has 1 aromatic rings. The number of para-hydroxylation sites is 2. The van der Waals surface area contributed by atoms with Crippen LogP contribution in [0.2, 0.25) is 0 Å². The molecule has 0 bridgehead atoms. The molecule has 0 saturated carbocycles. The quantitative estimate of drug-likeness (QED) is 0.818. The molecular weight excluding hydrogens is 238 g/mol. The Morgan fingerprint density at radius 1 is 1.16 bits per heavy atom. The molecule has 0 aliphatic carbocycles. The molecule has 0 amide bonds. The molecule has 0 aromatic heterocycles. The lowest BCUT2D eigenvalue weighted by Crippen LogP contribution is -2.42. The van der Waals surface area contributed by atoms with E-state index in [4.69, 9.17) is 9.47 Å². The van der Waals surface area contributed by atoms with E-state index < -0.39 is 0 Å². The molecule has 1 aliphatic heterocycles. The first-order chi connectivity index (χ1) is 9.33. The van der Waals surface area contributed by atoms with Gasteiger partial charge in [-0.15, -0.1) is 0 Å². The van der Waals surface area contributed by atoms with Gasteiger partial charge in [-0.2, -0.15) is 0 Å². The van der Waals surface area contributed by atoms with Crippen molar-refractivity contribution in [3.63, 3.8) is 0 Å². The monoisotopic (exact) mass is 263 g/mol. The molecule has 106 valence electrons. The second-order valence-corrected chi connectivity index (χ2v) is 5.18. The van der Waals surface area contributed by atoms with E-state index in [1.807, 2.05) is 24.3 Å². The van der Waals surface area contributed by atoms with Crippen LogP contribution in [0.15, 0.2) is 24.3 Å². The van der Waals surface area contributed by atoms with Crippen LogP contribution in [0.4, 0.5) is 0 Å². The first-order valence-corrected chi connectivity index (χ1v) is 7.45. The van der Waals surface area contributed by atoms with Crippen LogP contribution in [0.25, 0.3) is 0 Å². The van der Waals surface area contributed by atoms with E-state index in [9.17, 15) is 0 Å². The van der Waals surface area contributed by atoms with Gasteiger partial charge in [0.15, 0.2) is 11.5 Å². The molecule has 0 radical (unpaired) electrons. The fourth-order valence-electron chi connectivity index (χ4n) is 2.51. The van der Waals surface area contributed by atoms with Crippen molar-refractivity contribution in [1.82, 2.24) is 5.32 Å². The molecule has 1 heterocycles. The molecule has 19 heavy (non-hydrogen) atoms. The summed E-state index contributed by atoms with van der Waals surface area (Å²) in [5.74, 6) is 1.72. The van der Waals surface area contributed by atoms with Gasteiger partial charge < -0.3 is 14.8 Å². The van der Waals surface area contributed by atoms with Crippen LogP contribution in [0.1, 0.15) is 39.5 Å². The van der Waals surface area contributed by atoms with Crippen LogP contribution in [0.5, 0.6) is 11.5 Å². The molecule has 0 spiro atoms. The number of hydrogen-bond acceptors (Lipinski definition) is 3. The lowest BCUT2D eigenvalue weighted by molar-refractivity contribution is 0.0875. The number of benzene rings is 1. The van der Waals surface area contributed by atoms with E-state index in [0.29, 0.717) is 12.6 Å². The Kier molecular flexibility index (Phi) is 5.52. The van der Waals surface area contributed by atoms with Gasteiger partial charge in [0.2, 0.25) is 0 Å². The van der Waals surface area contributed by atoms with Crippen LogP contribution in [0.3, 0.4) is 0 Å². The molecule has 1 aromatic carbocycles. The Morgan fingerprint density at radius 3 is 2.53 bits per heavy atom. The van der Waals surface area contributed by atoms with Crippen molar-refractivity contribution >= 4 is 0 Å². The van der Waals surface area contributed by atoms with Crippen molar-refractivity contribution in [3.05, 3.63) is 24.3 Å². The number of ether oxygens (including phenoxy) is 2. The summed E-state index contributed by atoms with van der Waals surface area (Å²) in [5.41, 5.74) is 0. The van der Waals surface area contributed by atoms with Gasteiger partial charge in [0.1, 0.15) is 12.7 Å². The van der Waals surface area contributed by atoms with E-state index in [0.717, 1.165) is 18.0 Å². The van der Waals surface area contributed by atoms with Gasteiger partial charge in [-0.25, -0.2) is 0 Å². The molecule has 1 N–H and O–H groups in total. The highest BCUT2D eigenvalue weighted by atomic mass is 16.6. The molecule has 3 heteroatoms. The number of hydrogen-bond donors (Lipinski definition) is 1. The molecule has 1 unspecified atom stereocenters. The van der Waals surface area contributed by atoms with Gasteiger partial charge in [-0.1, -0.05) is 38.8 Å². The van der Waals surface area contributed by atoms with E-state index in [1.54, 1.807) is 0 Å². The van der Waals surface area contributed by atoms with Gasteiger partial charge in [-0.3, -0.25) is 0 Å². The fourth-order valence-corrected chi connectivity index (χ4v) is 2.51. The molecule has 1 atom stereocenters. The normalized spacial score (nSPS) is 17.7. The second-order valence-electron chi connectivity index (χ2n) is 5.18. The summed E-state index contributed by atoms with van der Waals surface area (Å²) in [7, 11) is 0. The lowest BCUT2D eigenvalue weighted by atomic mass is 10.1. The molecule has 0 fully saturated rings. The third kappa shape index (κ3) is 4.13. The van der Waals surface area contributed by atoms with Crippen LogP contribution in [-0.2, 0) is 0 Å². The summed E-state index contributed by atoms with van der Waals surface area (Å²) >= 11 is 0. The minimum absolute atomic E-state index is 0.117. The zero-order valence-electron chi connectivity index (χ0n) is 12.0. The maximum atomic E-state index is 5.95. The highest BCUT2D eigenvalue weighted by Gasteiger charge is 2.21. The topological polar surface area (TPSA) is 30.5 Å². The number of rotatable bonds is 7. The highest BCUT2D eigenvalue weighted by molar-refractivity contribution is 5.40. The third-order valence-electron chi connectivity index (χ3n) is 3.48. The Labute approximate surface area is 116 Å². The van der Waals surface area contributed by atoms with E-state index in [2.05, 4.69) is 19.2 Å². The maximum Gasteiger partial charge on any atom is 0.161 e. The van der Waals surface area contributed by atoms with Crippen LogP contribution >= 0.6 is 0 Å². The molecule has 2 rings (SSSR count). The van der Waals surface area contributed by atoms with Gasteiger partial charge in [0.25, 0.3) is 0 Å². The zero-order valence-corrected chi connectivity index (χ0v) is 12.0. The van der Waals surface area contributed by atoms with Crippen molar-refractivity contribution in [3.8, 4) is 11.5 Å². The first-order valence-electron chi connectivity index (χ1n) is 7.45. The first kappa shape index (κ1) is 14.2. The Balaban J connectivity index is 1.81. The standard InChI is InChI=1S/C16H25NO2/c1-3-7-13(8-4-2)17-11-14-12-18-15-9-5-6-10-16(15)19-14/h5-6,9-10,13-14,17H,3-4,7-8,11-12H2,1-2H3. The Hall–Kier alpha value is -1.22. The van der Waals surface area contributed by atoms with Crippen molar-refractivity contribution in [2.45, 2.75) is 51.7 Å². The average Bonchev–Trinajstić information content (AvgIpc) is 2.45. The maximum absolute atomic E-state index is 5.95. The smallest absolute Gasteiger partial charge is 0.161 e. The van der Waals surface area contributed by atoms with Crippen molar-refractivity contribution < 1.29 is 9.47 Å². The van der Waals surface area contributed by atoms with Crippen molar-refractivity contribution in [2.24, 2.45) is 0 Å². The van der Waals surface area contributed by atoms with E-state index in [-0.39, 0.29) is 6.10 Å². The fraction of sp³-hybridized carbons (Fsp3) is 0.625.